The van der Waals surface area contributed by atoms with Crippen LogP contribution in [0.25, 0.3) is 6.08 Å². The summed E-state index contributed by atoms with van der Waals surface area (Å²) >= 11 is 6.08. The first kappa shape index (κ1) is 11.8. The number of thioether (sulfide) groups is 1. The van der Waals surface area contributed by atoms with Crippen molar-refractivity contribution in [2.75, 3.05) is 7.05 Å². The van der Waals surface area contributed by atoms with Gasteiger partial charge < -0.3 is 4.42 Å². The first-order valence-corrected chi connectivity index (χ1v) is 5.67. The lowest BCUT2D eigenvalue weighted by Gasteiger charge is -2.03. The molecule has 1 saturated heterocycles. The number of nitrogens with zero attached hydrogens (tertiary/aromatic N) is 2. The quantitative estimate of drug-likeness (QED) is 0.354. The first-order valence-electron chi connectivity index (χ1n) is 4.45. The number of thiocarbonyl (C=S) groups is 1. The number of hydrogen-bond acceptors (Lipinski definition) is 6. The number of carbonyl (C=O) groups excluding carboxylic acids is 1. The van der Waals surface area contributed by atoms with Crippen LogP contribution in [-0.4, -0.2) is 27.1 Å². The lowest BCUT2D eigenvalue weighted by Crippen LogP contribution is -2.22. The van der Waals surface area contributed by atoms with Gasteiger partial charge in [0.1, 0.15) is 15.0 Å². The Hall–Kier alpha value is -1.67. The summed E-state index contributed by atoms with van der Waals surface area (Å²) < 4.78 is 5.37. The van der Waals surface area contributed by atoms with E-state index in [0.717, 1.165) is 11.8 Å². The van der Waals surface area contributed by atoms with Crippen molar-refractivity contribution < 1.29 is 14.1 Å². The van der Waals surface area contributed by atoms with E-state index in [4.69, 9.17) is 16.6 Å². The van der Waals surface area contributed by atoms with Gasteiger partial charge in [-0.25, -0.2) is 0 Å². The Morgan fingerprint density at radius 1 is 1.59 bits per heavy atom. The second-order valence-corrected chi connectivity index (χ2v) is 4.85. The van der Waals surface area contributed by atoms with Crippen LogP contribution in [0, 0.1) is 10.1 Å². The Morgan fingerprint density at radius 2 is 2.29 bits per heavy atom. The van der Waals surface area contributed by atoms with Gasteiger partial charge in [-0.1, -0.05) is 24.0 Å². The Morgan fingerprint density at radius 3 is 2.76 bits per heavy atom. The van der Waals surface area contributed by atoms with Gasteiger partial charge in [0.05, 0.1) is 11.0 Å². The van der Waals surface area contributed by atoms with E-state index >= 15 is 0 Å². The highest BCUT2D eigenvalue weighted by Gasteiger charge is 2.29. The molecule has 0 aromatic carbocycles. The molecule has 1 aromatic rings. The molecule has 1 aliphatic heterocycles. The van der Waals surface area contributed by atoms with Crippen molar-refractivity contribution in [2.45, 2.75) is 0 Å². The molecule has 1 fully saturated rings. The number of carbonyl (C=O) groups is 1. The molecule has 6 nitrogen and oxygen atoms in total. The Bertz CT molecular complexity index is 549. The van der Waals surface area contributed by atoms with Gasteiger partial charge in [0.2, 0.25) is 0 Å². The average molecular weight is 270 g/mol. The maximum atomic E-state index is 11.6. The molecule has 0 unspecified atom stereocenters. The number of hydrogen-bond donors (Lipinski definition) is 0. The molecule has 17 heavy (non-hydrogen) atoms. The standard InChI is InChI=1S/C9H6N2O4S2/c1-10-8(12)6(17-9(10)16)4-5-2-3-7(15-5)11(13)14/h2-4H,1H3/b6-4-. The third-order valence-corrected chi connectivity index (χ3v) is 3.54. The minimum atomic E-state index is -0.637. The third-order valence-electron chi connectivity index (χ3n) is 2.05. The van der Waals surface area contributed by atoms with Gasteiger partial charge in [0.25, 0.3) is 5.91 Å². The number of rotatable bonds is 2. The van der Waals surface area contributed by atoms with Crippen LogP contribution >= 0.6 is 24.0 Å². The smallest absolute Gasteiger partial charge is 0.401 e. The maximum Gasteiger partial charge on any atom is 0.433 e. The highest BCUT2D eigenvalue weighted by Crippen LogP contribution is 2.32. The van der Waals surface area contributed by atoms with Gasteiger partial charge in [-0.15, -0.1) is 0 Å². The molecule has 0 N–H and O–H groups in total. The third kappa shape index (κ3) is 2.22. The van der Waals surface area contributed by atoms with E-state index in [1.54, 1.807) is 7.05 Å². The average Bonchev–Trinajstić information content (AvgIpc) is 2.82. The first-order chi connectivity index (χ1) is 7.99. The minimum absolute atomic E-state index is 0.237. The predicted octanol–water partition coefficient (Wildman–Crippen LogP) is 2.02. The summed E-state index contributed by atoms with van der Waals surface area (Å²) in [4.78, 5) is 23.1. The van der Waals surface area contributed by atoms with Gasteiger partial charge in [-0.3, -0.25) is 19.8 Å². The molecular formula is C9H6N2O4S2. The van der Waals surface area contributed by atoms with Crippen molar-refractivity contribution in [3.63, 3.8) is 0 Å². The molecule has 2 rings (SSSR count). The zero-order chi connectivity index (χ0) is 12.6. The van der Waals surface area contributed by atoms with Crippen LogP contribution in [0.5, 0.6) is 0 Å². The van der Waals surface area contributed by atoms with Crippen LogP contribution in [0.15, 0.2) is 21.5 Å². The van der Waals surface area contributed by atoms with Crippen molar-refractivity contribution in [3.8, 4) is 0 Å². The number of amides is 1. The van der Waals surface area contributed by atoms with Gasteiger partial charge in [-0.05, 0) is 6.07 Å². The Balaban J connectivity index is 2.28. The van der Waals surface area contributed by atoms with Gasteiger partial charge in [0, 0.05) is 13.1 Å². The van der Waals surface area contributed by atoms with E-state index in [9.17, 15) is 14.9 Å². The summed E-state index contributed by atoms with van der Waals surface area (Å²) in [5.41, 5.74) is 0. The van der Waals surface area contributed by atoms with Gasteiger partial charge >= 0.3 is 5.88 Å². The molecule has 0 aliphatic carbocycles. The van der Waals surface area contributed by atoms with Crippen LogP contribution in [0.4, 0.5) is 5.88 Å². The van der Waals surface area contributed by atoms with E-state index in [2.05, 4.69) is 0 Å². The summed E-state index contributed by atoms with van der Waals surface area (Å²) in [6.45, 7) is 0. The number of likely N-dealkylation sites (N-methyl/N-ethyl adjacent to an activating group) is 1. The van der Waals surface area contributed by atoms with E-state index in [0.29, 0.717) is 9.23 Å². The summed E-state index contributed by atoms with van der Waals surface area (Å²) in [5.74, 6) is -0.340. The highest BCUT2D eigenvalue weighted by molar-refractivity contribution is 8.26. The predicted molar refractivity (Wildman–Crippen MR) is 66.3 cm³/mol. The lowest BCUT2D eigenvalue weighted by atomic mass is 10.4. The molecule has 1 aromatic heterocycles. The van der Waals surface area contributed by atoms with Crippen molar-refractivity contribution >= 4 is 46.2 Å². The largest absolute Gasteiger partial charge is 0.433 e. The molecule has 1 aliphatic rings. The normalized spacial score (nSPS) is 18.2. The highest BCUT2D eigenvalue weighted by atomic mass is 32.2. The molecule has 1 amide bonds. The fourth-order valence-electron chi connectivity index (χ4n) is 1.19. The van der Waals surface area contributed by atoms with E-state index in [1.807, 2.05) is 0 Å². The summed E-state index contributed by atoms with van der Waals surface area (Å²) in [6.07, 6.45) is 1.44. The van der Waals surface area contributed by atoms with E-state index in [1.165, 1.54) is 23.1 Å². The van der Waals surface area contributed by atoms with Crippen molar-refractivity contribution in [1.29, 1.82) is 0 Å². The van der Waals surface area contributed by atoms with E-state index < -0.39 is 4.92 Å². The second-order valence-electron chi connectivity index (χ2n) is 3.17. The Labute approximate surface area is 105 Å². The van der Waals surface area contributed by atoms with Crippen LogP contribution in [-0.2, 0) is 4.79 Å². The molecule has 2 heterocycles. The summed E-state index contributed by atoms with van der Waals surface area (Å²) in [7, 11) is 1.57. The summed E-state index contributed by atoms with van der Waals surface area (Å²) in [5, 5.41) is 10.4. The van der Waals surface area contributed by atoms with Gasteiger partial charge in [-0.2, -0.15) is 0 Å². The molecule has 0 saturated carbocycles. The SMILES string of the molecule is CN1C(=O)/C(=C/c2ccc([N+](=O)[O-])o2)SC1=S. The Kier molecular flexibility index (Phi) is 2.99. The minimum Gasteiger partial charge on any atom is -0.401 e. The number of furan rings is 1. The monoisotopic (exact) mass is 270 g/mol. The van der Waals surface area contributed by atoms with Crippen LogP contribution in [0.2, 0.25) is 0 Å². The molecule has 8 heteroatoms. The zero-order valence-corrected chi connectivity index (χ0v) is 10.2. The molecule has 0 atom stereocenters. The maximum absolute atomic E-state index is 11.6. The molecule has 0 radical (unpaired) electrons. The van der Waals surface area contributed by atoms with Crippen molar-refractivity contribution in [2.24, 2.45) is 0 Å². The van der Waals surface area contributed by atoms with Crippen LogP contribution in [0.3, 0.4) is 0 Å². The van der Waals surface area contributed by atoms with Crippen molar-refractivity contribution in [3.05, 3.63) is 32.9 Å². The number of nitro groups is 1. The van der Waals surface area contributed by atoms with Crippen LogP contribution in [0.1, 0.15) is 5.76 Å². The fourth-order valence-corrected chi connectivity index (χ4v) is 2.35. The fraction of sp³-hybridized carbons (Fsp3) is 0.111. The second kappa shape index (κ2) is 4.30. The van der Waals surface area contributed by atoms with Crippen molar-refractivity contribution in [1.82, 2.24) is 4.90 Å². The van der Waals surface area contributed by atoms with Crippen LogP contribution < -0.4 is 0 Å². The lowest BCUT2D eigenvalue weighted by molar-refractivity contribution is -0.402. The molecule has 0 spiro atoms. The molecule has 88 valence electrons. The molecular weight excluding hydrogens is 264 g/mol. The zero-order valence-electron chi connectivity index (χ0n) is 8.58. The molecule has 0 bridgehead atoms. The summed E-state index contributed by atoms with van der Waals surface area (Å²) in [6, 6.07) is 2.67. The van der Waals surface area contributed by atoms with E-state index in [-0.39, 0.29) is 17.6 Å². The van der Waals surface area contributed by atoms with Gasteiger partial charge in [0.15, 0.2) is 0 Å². The topological polar surface area (TPSA) is 76.6 Å².